The number of halogens is 3. The average Bonchev–Trinajstić information content (AvgIpc) is 2.71. The minimum Gasteiger partial charge on any atom is -0.462 e. The van der Waals surface area contributed by atoms with E-state index in [-0.39, 0.29) is 31.0 Å². The highest BCUT2D eigenvalue weighted by molar-refractivity contribution is 6.03. The summed E-state index contributed by atoms with van der Waals surface area (Å²) in [6.45, 7) is 4.52. The summed E-state index contributed by atoms with van der Waals surface area (Å²) in [6.07, 6.45) is -4.96. The fraction of sp³-hybridized carbons (Fsp3) is 0.333. The van der Waals surface area contributed by atoms with Crippen LogP contribution in [0.25, 0.3) is 0 Å². The van der Waals surface area contributed by atoms with Gasteiger partial charge in [0, 0.05) is 18.8 Å². The second-order valence-electron chi connectivity index (χ2n) is 6.52. The molecule has 1 heterocycles. The number of rotatable bonds is 7. The standard InChI is InChI=1S/C21H22F3N3O4/c1-4-27(20(30)21(22,23)24)12-14-7-6-8-15(11-14)26-18(28)17-10-9-16(13(3)25-17)19(29)31-5-2/h6-11H,4-5,12H2,1-3H3,(H,26,28). The molecule has 0 fully saturated rings. The van der Waals surface area contributed by atoms with Crippen LogP contribution in [0.4, 0.5) is 18.9 Å². The van der Waals surface area contributed by atoms with E-state index in [2.05, 4.69) is 10.3 Å². The van der Waals surface area contributed by atoms with E-state index in [0.29, 0.717) is 21.8 Å². The third kappa shape index (κ3) is 6.27. The number of anilines is 1. The van der Waals surface area contributed by atoms with Gasteiger partial charge in [-0.3, -0.25) is 9.59 Å². The van der Waals surface area contributed by atoms with Crippen LogP contribution in [0.1, 0.15) is 46.0 Å². The summed E-state index contributed by atoms with van der Waals surface area (Å²) < 4.78 is 43.0. The first-order valence-corrected chi connectivity index (χ1v) is 9.48. The van der Waals surface area contributed by atoms with Crippen LogP contribution in [0.3, 0.4) is 0 Å². The van der Waals surface area contributed by atoms with E-state index in [9.17, 15) is 27.6 Å². The first-order chi connectivity index (χ1) is 14.6. The molecule has 1 aromatic heterocycles. The van der Waals surface area contributed by atoms with E-state index in [0.717, 1.165) is 0 Å². The zero-order valence-electron chi connectivity index (χ0n) is 17.2. The predicted octanol–water partition coefficient (Wildman–Crippen LogP) is 3.73. The lowest BCUT2D eigenvalue weighted by molar-refractivity contribution is -0.185. The number of aryl methyl sites for hydroxylation is 1. The maximum Gasteiger partial charge on any atom is 0.471 e. The van der Waals surface area contributed by atoms with Gasteiger partial charge in [0.15, 0.2) is 0 Å². The number of carbonyl (C=O) groups excluding carboxylic acids is 3. The molecule has 0 radical (unpaired) electrons. The van der Waals surface area contributed by atoms with Gasteiger partial charge in [-0.2, -0.15) is 13.2 Å². The van der Waals surface area contributed by atoms with Crippen LogP contribution in [0.5, 0.6) is 0 Å². The summed E-state index contributed by atoms with van der Waals surface area (Å²) in [5, 5.41) is 2.61. The zero-order valence-corrected chi connectivity index (χ0v) is 17.2. The van der Waals surface area contributed by atoms with Crippen molar-refractivity contribution in [2.24, 2.45) is 0 Å². The Labute approximate surface area is 177 Å². The van der Waals surface area contributed by atoms with E-state index in [1.54, 1.807) is 32.0 Å². The molecule has 7 nitrogen and oxygen atoms in total. The van der Waals surface area contributed by atoms with Crippen molar-refractivity contribution >= 4 is 23.5 Å². The summed E-state index contributed by atoms with van der Waals surface area (Å²) in [5.41, 5.74) is 1.36. The van der Waals surface area contributed by atoms with Gasteiger partial charge in [-0.25, -0.2) is 9.78 Å². The molecule has 0 spiro atoms. The Bertz CT molecular complexity index is 977. The van der Waals surface area contributed by atoms with Crippen molar-refractivity contribution < 1.29 is 32.3 Å². The molecular formula is C21H22F3N3O4. The third-order valence-corrected chi connectivity index (χ3v) is 4.28. The van der Waals surface area contributed by atoms with Crippen LogP contribution in [0.15, 0.2) is 36.4 Å². The van der Waals surface area contributed by atoms with Gasteiger partial charge in [0.1, 0.15) is 5.69 Å². The molecule has 0 aliphatic carbocycles. The summed E-state index contributed by atoms with van der Waals surface area (Å²) in [4.78, 5) is 40.6. The van der Waals surface area contributed by atoms with Crippen LogP contribution in [0, 0.1) is 6.92 Å². The fourth-order valence-electron chi connectivity index (χ4n) is 2.78. The van der Waals surface area contributed by atoms with Crippen molar-refractivity contribution in [2.45, 2.75) is 33.5 Å². The van der Waals surface area contributed by atoms with E-state index in [4.69, 9.17) is 4.74 Å². The molecule has 1 aromatic carbocycles. The number of ether oxygens (including phenoxy) is 1. The van der Waals surface area contributed by atoms with Crippen LogP contribution in [-0.4, -0.2) is 47.0 Å². The highest BCUT2D eigenvalue weighted by atomic mass is 19.4. The molecule has 0 unspecified atom stereocenters. The first kappa shape index (κ1) is 23.8. The minimum absolute atomic E-state index is 0.0541. The van der Waals surface area contributed by atoms with Crippen molar-refractivity contribution in [2.75, 3.05) is 18.5 Å². The molecule has 0 atom stereocenters. The third-order valence-electron chi connectivity index (χ3n) is 4.28. The number of hydrogen-bond donors (Lipinski definition) is 1. The highest BCUT2D eigenvalue weighted by Crippen LogP contribution is 2.21. The SMILES string of the molecule is CCOC(=O)c1ccc(C(=O)Nc2cccc(CN(CC)C(=O)C(F)(F)F)c2)nc1C. The first-order valence-electron chi connectivity index (χ1n) is 9.48. The molecule has 31 heavy (non-hydrogen) atoms. The van der Waals surface area contributed by atoms with Gasteiger partial charge in [0.05, 0.1) is 17.9 Å². The second-order valence-corrected chi connectivity index (χ2v) is 6.52. The monoisotopic (exact) mass is 437 g/mol. The van der Waals surface area contributed by atoms with Gasteiger partial charge in [-0.1, -0.05) is 12.1 Å². The quantitative estimate of drug-likeness (QED) is 0.667. The molecule has 2 aromatic rings. The Balaban J connectivity index is 2.13. The maximum absolute atomic E-state index is 12.7. The number of alkyl halides is 3. The zero-order chi connectivity index (χ0) is 23.2. The molecular weight excluding hydrogens is 415 g/mol. The van der Waals surface area contributed by atoms with Crippen molar-refractivity contribution in [3.8, 4) is 0 Å². The number of nitrogens with zero attached hydrogens (tertiary/aromatic N) is 2. The van der Waals surface area contributed by atoms with Gasteiger partial charge < -0.3 is 15.0 Å². The van der Waals surface area contributed by atoms with Crippen LogP contribution in [-0.2, 0) is 16.1 Å². The minimum atomic E-state index is -4.96. The molecule has 0 aliphatic rings. The maximum atomic E-state index is 12.7. The summed E-state index contributed by atoms with van der Waals surface area (Å²) >= 11 is 0. The predicted molar refractivity (Wildman–Crippen MR) is 106 cm³/mol. The normalized spacial score (nSPS) is 11.0. The molecule has 0 saturated carbocycles. The van der Waals surface area contributed by atoms with Gasteiger partial charge in [0.2, 0.25) is 0 Å². The number of nitrogens with one attached hydrogen (secondary N) is 1. The lowest BCUT2D eigenvalue weighted by Crippen LogP contribution is -2.40. The number of hydrogen-bond acceptors (Lipinski definition) is 5. The van der Waals surface area contributed by atoms with Crippen molar-refractivity contribution in [1.29, 1.82) is 0 Å². The van der Waals surface area contributed by atoms with Crippen LogP contribution in [0.2, 0.25) is 0 Å². The molecule has 10 heteroatoms. The Hall–Kier alpha value is -3.43. The number of carbonyl (C=O) groups is 3. The van der Waals surface area contributed by atoms with E-state index >= 15 is 0 Å². The Morgan fingerprint density at radius 3 is 2.42 bits per heavy atom. The topological polar surface area (TPSA) is 88.6 Å². The van der Waals surface area contributed by atoms with Crippen LogP contribution >= 0.6 is 0 Å². The van der Waals surface area contributed by atoms with Gasteiger partial charge in [-0.05, 0) is 50.6 Å². The second kappa shape index (κ2) is 10.1. The number of aromatic nitrogens is 1. The number of amides is 2. The van der Waals surface area contributed by atoms with E-state index < -0.39 is 24.0 Å². The van der Waals surface area contributed by atoms with Gasteiger partial charge in [-0.15, -0.1) is 0 Å². The smallest absolute Gasteiger partial charge is 0.462 e. The lowest BCUT2D eigenvalue weighted by atomic mass is 10.1. The number of pyridine rings is 1. The Morgan fingerprint density at radius 2 is 1.84 bits per heavy atom. The molecule has 166 valence electrons. The number of benzene rings is 1. The molecule has 2 amide bonds. The number of esters is 1. The Morgan fingerprint density at radius 1 is 1.13 bits per heavy atom. The van der Waals surface area contributed by atoms with Crippen molar-refractivity contribution in [1.82, 2.24) is 9.88 Å². The molecule has 2 rings (SSSR count). The van der Waals surface area contributed by atoms with Crippen molar-refractivity contribution in [3.63, 3.8) is 0 Å². The lowest BCUT2D eigenvalue weighted by Gasteiger charge is -2.22. The molecule has 0 aliphatic heterocycles. The highest BCUT2D eigenvalue weighted by Gasteiger charge is 2.41. The summed E-state index contributed by atoms with van der Waals surface area (Å²) in [6, 6.07) is 8.96. The van der Waals surface area contributed by atoms with E-state index in [1.807, 2.05) is 0 Å². The summed E-state index contributed by atoms with van der Waals surface area (Å²) in [5.74, 6) is -3.03. The van der Waals surface area contributed by atoms with Gasteiger partial charge in [0.25, 0.3) is 5.91 Å². The van der Waals surface area contributed by atoms with Crippen molar-refractivity contribution in [3.05, 3.63) is 58.9 Å². The summed E-state index contributed by atoms with van der Waals surface area (Å²) in [7, 11) is 0. The molecule has 0 bridgehead atoms. The van der Waals surface area contributed by atoms with Crippen LogP contribution < -0.4 is 5.32 Å². The average molecular weight is 437 g/mol. The molecule has 1 N–H and O–H groups in total. The molecule has 0 saturated heterocycles. The fourth-order valence-corrected chi connectivity index (χ4v) is 2.78. The Kier molecular flexibility index (Phi) is 7.73. The largest absolute Gasteiger partial charge is 0.471 e. The van der Waals surface area contributed by atoms with Gasteiger partial charge >= 0.3 is 18.1 Å². The van der Waals surface area contributed by atoms with E-state index in [1.165, 1.54) is 25.1 Å².